The van der Waals surface area contributed by atoms with E-state index in [1.807, 2.05) is 0 Å². The van der Waals surface area contributed by atoms with E-state index < -0.39 is 0 Å². The van der Waals surface area contributed by atoms with Gasteiger partial charge in [0.2, 0.25) is 0 Å². The molecule has 0 radical (unpaired) electrons. The molecular formula is C9H17-. The Morgan fingerprint density at radius 1 is 1.44 bits per heavy atom. The molecule has 0 saturated heterocycles. The second-order valence-electron chi connectivity index (χ2n) is 4.08. The Kier molecular flexibility index (Phi) is 1.58. The van der Waals surface area contributed by atoms with Crippen LogP contribution in [0.1, 0.15) is 40.5 Å². The van der Waals surface area contributed by atoms with Gasteiger partial charge in [0.15, 0.2) is 0 Å². The molecule has 0 heterocycles. The van der Waals surface area contributed by atoms with Crippen LogP contribution < -0.4 is 0 Å². The van der Waals surface area contributed by atoms with Gasteiger partial charge in [0.05, 0.1) is 0 Å². The quantitative estimate of drug-likeness (QED) is 0.472. The molecule has 1 aliphatic rings. The standard InChI is InChI=1S/C9H17/c1-5-7-6-8(7)9(2,3)4/h7H,5-6H2,1-4H3/q-1. The Balaban J connectivity index is 2.33. The first-order valence-corrected chi connectivity index (χ1v) is 3.92. The predicted molar refractivity (Wildman–Crippen MR) is 41.1 cm³/mol. The highest BCUT2D eigenvalue weighted by Crippen LogP contribution is 2.54. The smallest absolute Gasteiger partial charge is 0.0676 e. The molecule has 0 bridgehead atoms. The first-order chi connectivity index (χ1) is 4.05. The minimum Gasteiger partial charge on any atom is -0.310 e. The van der Waals surface area contributed by atoms with Crippen LogP contribution in [0.2, 0.25) is 0 Å². The Bertz CT molecular complexity index is 97.1. The minimum atomic E-state index is 0.501. The molecule has 0 aliphatic heterocycles. The zero-order valence-electron chi connectivity index (χ0n) is 6.99. The highest BCUT2D eigenvalue weighted by atomic mass is 14.5. The second-order valence-corrected chi connectivity index (χ2v) is 4.08. The molecule has 1 fully saturated rings. The molecule has 0 N–H and O–H groups in total. The van der Waals surface area contributed by atoms with Gasteiger partial charge in [-0.05, 0) is 0 Å². The molecule has 0 aromatic carbocycles. The van der Waals surface area contributed by atoms with Crippen LogP contribution in [0, 0.1) is 17.3 Å². The third-order valence-corrected chi connectivity index (χ3v) is 2.26. The van der Waals surface area contributed by atoms with Crippen molar-refractivity contribution in [2.75, 3.05) is 0 Å². The van der Waals surface area contributed by atoms with Crippen LogP contribution in [0.25, 0.3) is 0 Å². The monoisotopic (exact) mass is 125 g/mol. The Morgan fingerprint density at radius 3 is 2.11 bits per heavy atom. The van der Waals surface area contributed by atoms with E-state index in [0.717, 1.165) is 5.92 Å². The maximum absolute atomic E-state index is 2.32. The Morgan fingerprint density at radius 2 is 2.00 bits per heavy atom. The maximum atomic E-state index is 2.32. The van der Waals surface area contributed by atoms with Crippen molar-refractivity contribution in [3.8, 4) is 0 Å². The van der Waals surface area contributed by atoms with Crippen LogP contribution in [0.3, 0.4) is 0 Å². The molecule has 54 valence electrons. The van der Waals surface area contributed by atoms with Crippen molar-refractivity contribution in [3.63, 3.8) is 0 Å². The van der Waals surface area contributed by atoms with Crippen molar-refractivity contribution in [3.05, 3.63) is 5.92 Å². The fourth-order valence-corrected chi connectivity index (χ4v) is 1.52. The molecule has 1 atom stereocenters. The zero-order chi connectivity index (χ0) is 7.07. The van der Waals surface area contributed by atoms with Crippen LogP contribution in [0.5, 0.6) is 0 Å². The third-order valence-electron chi connectivity index (χ3n) is 2.26. The van der Waals surface area contributed by atoms with Gasteiger partial charge in [0.25, 0.3) is 0 Å². The average Bonchev–Trinajstić information content (AvgIpc) is 2.39. The van der Waals surface area contributed by atoms with Crippen LogP contribution >= 0.6 is 0 Å². The van der Waals surface area contributed by atoms with E-state index in [4.69, 9.17) is 0 Å². The number of hydrogen-bond donors (Lipinski definition) is 0. The fourth-order valence-electron chi connectivity index (χ4n) is 1.52. The molecule has 1 saturated carbocycles. The molecule has 0 spiro atoms. The van der Waals surface area contributed by atoms with Crippen molar-refractivity contribution < 1.29 is 0 Å². The van der Waals surface area contributed by atoms with Crippen molar-refractivity contribution in [2.24, 2.45) is 11.3 Å². The molecule has 0 nitrogen and oxygen atoms in total. The van der Waals surface area contributed by atoms with Crippen LogP contribution in [0.15, 0.2) is 0 Å². The molecule has 0 heteroatoms. The first kappa shape index (κ1) is 7.11. The van der Waals surface area contributed by atoms with E-state index in [0.29, 0.717) is 5.41 Å². The molecule has 0 aromatic heterocycles. The molecule has 1 aliphatic carbocycles. The summed E-state index contributed by atoms with van der Waals surface area (Å²) in [5, 5.41) is 0. The lowest BCUT2D eigenvalue weighted by atomic mass is 9.88. The summed E-state index contributed by atoms with van der Waals surface area (Å²) in [6.45, 7) is 9.23. The topological polar surface area (TPSA) is 0 Å². The molecule has 0 amide bonds. The van der Waals surface area contributed by atoms with Gasteiger partial charge in [-0.15, -0.1) is 0 Å². The average molecular weight is 125 g/mol. The minimum absolute atomic E-state index is 0.501. The molecule has 1 unspecified atom stereocenters. The molecule has 1 rings (SSSR count). The van der Waals surface area contributed by atoms with Crippen molar-refractivity contribution in [1.82, 2.24) is 0 Å². The SMILES string of the molecule is CCC1C[C-]1C(C)(C)C. The first-order valence-electron chi connectivity index (χ1n) is 3.92. The van der Waals surface area contributed by atoms with Crippen molar-refractivity contribution in [1.29, 1.82) is 0 Å². The van der Waals surface area contributed by atoms with E-state index >= 15 is 0 Å². The lowest BCUT2D eigenvalue weighted by molar-refractivity contribution is 0.461. The van der Waals surface area contributed by atoms with E-state index in [1.165, 1.54) is 12.8 Å². The molecule has 9 heavy (non-hydrogen) atoms. The van der Waals surface area contributed by atoms with Crippen LogP contribution in [-0.2, 0) is 0 Å². The van der Waals surface area contributed by atoms with E-state index in [-0.39, 0.29) is 0 Å². The molecular weight excluding hydrogens is 108 g/mol. The summed E-state index contributed by atoms with van der Waals surface area (Å²) in [4.78, 5) is 0. The van der Waals surface area contributed by atoms with Gasteiger partial charge < -0.3 is 5.92 Å². The van der Waals surface area contributed by atoms with Crippen LogP contribution in [-0.4, -0.2) is 0 Å². The van der Waals surface area contributed by atoms with Gasteiger partial charge in [-0.1, -0.05) is 34.1 Å². The molecule has 0 aromatic rings. The van der Waals surface area contributed by atoms with Gasteiger partial charge in [0.1, 0.15) is 0 Å². The van der Waals surface area contributed by atoms with Crippen molar-refractivity contribution >= 4 is 0 Å². The Hall–Kier alpha value is 0. The van der Waals surface area contributed by atoms with E-state index in [9.17, 15) is 0 Å². The lowest BCUT2D eigenvalue weighted by Crippen LogP contribution is -2.07. The normalized spacial score (nSPS) is 28.7. The van der Waals surface area contributed by atoms with E-state index in [1.54, 1.807) is 5.92 Å². The zero-order valence-corrected chi connectivity index (χ0v) is 6.99. The summed E-state index contributed by atoms with van der Waals surface area (Å²) < 4.78 is 0. The summed E-state index contributed by atoms with van der Waals surface area (Å²) in [5.74, 6) is 2.76. The van der Waals surface area contributed by atoms with Gasteiger partial charge in [-0.2, -0.15) is 11.3 Å². The van der Waals surface area contributed by atoms with Gasteiger partial charge in [0, 0.05) is 0 Å². The third kappa shape index (κ3) is 1.47. The van der Waals surface area contributed by atoms with E-state index in [2.05, 4.69) is 27.7 Å². The van der Waals surface area contributed by atoms with Gasteiger partial charge in [-0.25, -0.2) is 6.42 Å². The lowest BCUT2D eigenvalue weighted by Gasteiger charge is -2.30. The fraction of sp³-hybridized carbons (Fsp3) is 0.889. The number of rotatable bonds is 1. The largest absolute Gasteiger partial charge is 0.310 e. The summed E-state index contributed by atoms with van der Waals surface area (Å²) in [6.07, 6.45) is 2.76. The summed E-state index contributed by atoms with van der Waals surface area (Å²) in [5.41, 5.74) is 0.501. The number of hydrogen-bond acceptors (Lipinski definition) is 0. The summed E-state index contributed by atoms with van der Waals surface area (Å²) in [7, 11) is 0. The van der Waals surface area contributed by atoms with Gasteiger partial charge >= 0.3 is 0 Å². The predicted octanol–water partition coefficient (Wildman–Crippen LogP) is 3.04. The Labute approximate surface area is 58.7 Å². The van der Waals surface area contributed by atoms with Crippen molar-refractivity contribution in [2.45, 2.75) is 40.5 Å². The summed E-state index contributed by atoms with van der Waals surface area (Å²) in [6, 6.07) is 0. The second kappa shape index (κ2) is 2.00. The highest BCUT2D eigenvalue weighted by Gasteiger charge is 2.27. The maximum Gasteiger partial charge on any atom is -0.0676 e. The summed E-state index contributed by atoms with van der Waals surface area (Å²) >= 11 is 0. The highest BCUT2D eigenvalue weighted by molar-refractivity contribution is 5.19. The van der Waals surface area contributed by atoms with Gasteiger partial charge in [-0.3, -0.25) is 0 Å². The van der Waals surface area contributed by atoms with Crippen LogP contribution in [0.4, 0.5) is 0 Å².